The maximum absolute atomic E-state index is 13.2. The molecule has 1 rings (SSSR count). The molecule has 8 heteroatoms. The summed E-state index contributed by atoms with van der Waals surface area (Å²) in [6.07, 6.45) is 0. The molecule has 0 amide bonds. The molecule has 0 heterocycles. The van der Waals surface area contributed by atoms with Crippen molar-refractivity contribution >= 4 is 6.02 Å². The fourth-order valence-corrected chi connectivity index (χ4v) is 1.10. The fourth-order valence-electron chi connectivity index (χ4n) is 1.10. The van der Waals surface area contributed by atoms with E-state index < -0.39 is 34.8 Å². The molecule has 0 atom stereocenters. The van der Waals surface area contributed by atoms with Crippen LogP contribution >= 0.6 is 0 Å². The fraction of sp³-hybridized carbons (Fsp3) is 0.300. The van der Waals surface area contributed by atoms with Crippen molar-refractivity contribution in [3.05, 3.63) is 29.1 Å². The number of amidine groups is 1. The van der Waals surface area contributed by atoms with Crippen LogP contribution in [-0.2, 0) is 0 Å². The topological polar surface area (TPSA) is 24.8 Å². The van der Waals surface area contributed by atoms with Gasteiger partial charge >= 0.3 is 0 Å². The lowest BCUT2D eigenvalue weighted by molar-refractivity contribution is 0.329. The Balaban J connectivity index is 3.34. The van der Waals surface area contributed by atoms with Crippen molar-refractivity contribution in [2.45, 2.75) is 0 Å². The maximum Gasteiger partial charge on any atom is 0.292 e. The Morgan fingerprint density at radius 2 is 1.28 bits per heavy atom. The quantitative estimate of drug-likeness (QED) is 0.257. The van der Waals surface area contributed by atoms with Crippen LogP contribution < -0.4 is 4.74 Å². The Morgan fingerprint density at radius 1 is 0.889 bits per heavy atom. The first-order chi connectivity index (χ1) is 8.31. The maximum atomic E-state index is 13.2. The lowest BCUT2D eigenvalue weighted by Crippen LogP contribution is -2.28. The number of benzene rings is 1. The van der Waals surface area contributed by atoms with Gasteiger partial charge in [0.25, 0.3) is 6.02 Å². The molecule has 0 unspecified atom stereocenters. The summed E-state index contributed by atoms with van der Waals surface area (Å²) in [5.74, 6) is -11.9. The van der Waals surface area contributed by atoms with E-state index in [4.69, 9.17) is 0 Å². The zero-order valence-corrected chi connectivity index (χ0v) is 9.69. The number of ether oxygens (including phenoxy) is 1. The van der Waals surface area contributed by atoms with E-state index in [-0.39, 0.29) is 6.02 Å². The van der Waals surface area contributed by atoms with E-state index in [1.807, 2.05) is 0 Å². The zero-order chi connectivity index (χ0) is 14.0. The highest BCUT2D eigenvalue weighted by Crippen LogP contribution is 2.29. The molecule has 1 aromatic rings. The molecular formula is C10H9F5N2O. The molecule has 0 aliphatic heterocycles. The van der Waals surface area contributed by atoms with Gasteiger partial charge in [-0.05, 0) is 0 Å². The minimum absolute atomic E-state index is 0.307. The van der Waals surface area contributed by atoms with Gasteiger partial charge < -0.3 is 9.64 Å². The van der Waals surface area contributed by atoms with E-state index in [2.05, 4.69) is 9.73 Å². The second-order valence-corrected chi connectivity index (χ2v) is 3.40. The number of halogens is 5. The van der Waals surface area contributed by atoms with Gasteiger partial charge in [-0.2, -0.15) is 8.78 Å². The van der Waals surface area contributed by atoms with E-state index in [1.54, 1.807) is 0 Å². The smallest absolute Gasteiger partial charge is 0.292 e. The third-order valence-electron chi connectivity index (χ3n) is 1.94. The standard InChI is InChI=1S/C10H9F5N2O/c1-16-10(17(2)3)18-9-7(14)5(12)4(11)6(13)8(9)15/h1-3H3/b16-10-. The Kier molecular flexibility index (Phi) is 4.10. The molecule has 0 bridgehead atoms. The summed E-state index contributed by atoms with van der Waals surface area (Å²) >= 11 is 0. The molecule has 0 fully saturated rings. The van der Waals surface area contributed by atoms with Gasteiger partial charge in [-0.15, -0.1) is 0 Å². The molecule has 0 saturated carbocycles. The van der Waals surface area contributed by atoms with E-state index in [9.17, 15) is 22.0 Å². The van der Waals surface area contributed by atoms with Gasteiger partial charge in [0.1, 0.15) is 0 Å². The highest BCUT2D eigenvalue weighted by atomic mass is 19.2. The molecule has 100 valence electrons. The van der Waals surface area contributed by atoms with Crippen molar-refractivity contribution < 1.29 is 26.7 Å². The van der Waals surface area contributed by atoms with Gasteiger partial charge in [0.05, 0.1) is 0 Å². The molecule has 0 aliphatic rings. The van der Waals surface area contributed by atoms with Crippen LogP contribution in [0.15, 0.2) is 4.99 Å². The second-order valence-electron chi connectivity index (χ2n) is 3.40. The largest absolute Gasteiger partial charge is 0.419 e. The van der Waals surface area contributed by atoms with E-state index >= 15 is 0 Å². The molecule has 0 N–H and O–H groups in total. The van der Waals surface area contributed by atoms with Crippen molar-refractivity contribution in [3.8, 4) is 5.75 Å². The summed E-state index contributed by atoms with van der Waals surface area (Å²) in [4.78, 5) is 4.70. The van der Waals surface area contributed by atoms with E-state index in [1.165, 1.54) is 26.0 Å². The van der Waals surface area contributed by atoms with Crippen LogP contribution in [0.2, 0.25) is 0 Å². The van der Waals surface area contributed by atoms with Gasteiger partial charge in [0, 0.05) is 21.1 Å². The molecule has 1 aromatic carbocycles. The molecule has 18 heavy (non-hydrogen) atoms. The molecule has 0 aliphatic carbocycles. The third kappa shape index (κ3) is 2.36. The predicted octanol–water partition coefficient (Wildman–Crippen LogP) is 2.31. The monoisotopic (exact) mass is 268 g/mol. The molecule has 0 aromatic heterocycles. The average Bonchev–Trinajstić information content (AvgIpc) is 2.34. The van der Waals surface area contributed by atoms with Crippen molar-refractivity contribution in [2.75, 3.05) is 21.1 Å². The third-order valence-corrected chi connectivity index (χ3v) is 1.94. The Morgan fingerprint density at radius 3 is 1.61 bits per heavy atom. The summed E-state index contributed by atoms with van der Waals surface area (Å²) in [5, 5.41) is 0. The van der Waals surface area contributed by atoms with Gasteiger partial charge in [0.15, 0.2) is 0 Å². The highest BCUT2D eigenvalue weighted by molar-refractivity contribution is 5.75. The van der Waals surface area contributed by atoms with Crippen LogP contribution in [-0.4, -0.2) is 32.1 Å². The lowest BCUT2D eigenvalue weighted by Gasteiger charge is -2.16. The first-order valence-electron chi connectivity index (χ1n) is 4.64. The Bertz CT molecular complexity index is 473. The summed E-state index contributed by atoms with van der Waals surface area (Å²) in [6, 6.07) is -0.307. The second kappa shape index (κ2) is 5.19. The number of aliphatic imine (C=N–C) groups is 1. The Labute approximate surface area is 99.5 Å². The zero-order valence-electron chi connectivity index (χ0n) is 9.69. The van der Waals surface area contributed by atoms with Gasteiger partial charge in [-0.3, -0.25) is 0 Å². The van der Waals surface area contributed by atoms with Crippen LogP contribution in [0.25, 0.3) is 0 Å². The molecule has 3 nitrogen and oxygen atoms in total. The van der Waals surface area contributed by atoms with Crippen molar-refractivity contribution in [2.24, 2.45) is 4.99 Å². The van der Waals surface area contributed by atoms with Gasteiger partial charge in [-0.1, -0.05) is 0 Å². The van der Waals surface area contributed by atoms with Crippen LogP contribution in [0, 0.1) is 29.1 Å². The highest BCUT2D eigenvalue weighted by Gasteiger charge is 2.28. The minimum atomic E-state index is -2.24. The lowest BCUT2D eigenvalue weighted by atomic mass is 10.2. The number of rotatable bonds is 1. The predicted molar refractivity (Wildman–Crippen MR) is 53.9 cm³/mol. The van der Waals surface area contributed by atoms with Crippen molar-refractivity contribution in [1.82, 2.24) is 4.90 Å². The molecule has 0 spiro atoms. The summed E-state index contributed by atoms with van der Waals surface area (Å²) in [7, 11) is 4.09. The molecule has 0 radical (unpaired) electrons. The number of nitrogens with zero attached hydrogens (tertiary/aromatic N) is 2. The SMILES string of the molecule is C/N=C(\Oc1c(F)c(F)c(F)c(F)c1F)N(C)C. The number of hydrogen-bond donors (Lipinski definition) is 0. The van der Waals surface area contributed by atoms with Crippen LogP contribution in [0.5, 0.6) is 5.75 Å². The van der Waals surface area contributed by atoms with Crippen LogP contribution in [0.4, 0.5) is 22.0 Å². The first kappa shape index (κ1) is 14.2. The van der Waals surface area contributed by atoms with Gasteiger partial charge in [-0.25, -0.2) is 18.2 Å². The Hall–Kier alpha value is -1.86. The van der Waals surface area contributed by atoms with E-state index in [0.29, 0.717) is 0 Å². The average molecular weight is 268 g/mol. The first-order valence-corrected chi connectivity index (χ1v) is 4.64. The van der Waals surface area contributed by atoms with Crippen molar-refractivity contribution in [1.29, 1.82) is 0 Å². The summed E-state index contributed by atoms with van der Waals surface area (Å²) in [6.45, 7) is 0. The molecule has 0 saturated heterocycles. The summed E-state index contributed by atoms with van der Waals surface area (Å²) in [5.41, 5.74) is 0. The minimum Gasteiger partial charge on any atom is -0.419 e. The van der Waals surface area contributed by atoms with Crippen LogP contribution in [0.1, 0.15) is 0 Å². The van der Waals surface area contributed by atoms with E-state index in [0.717, 1.165) is 0 Å². The van der Waals surface area contributed by atoms with Crippen LogP contribution in [0.3, 0.4) is 0 Å². The van der Waals surface area contributed by atoms with Crippen molar-refractivity contribution in [3.63, 3.8) is 0 Å². The molecular weight excluding hydrogens is 259 g/mol. The normalized spacial score (nSPS) is 11.7. The number of hydrogen-bond acceptors (Lipinski definition) is 2. The van der Waals surface area contributed by atoms with Gasteiger partial charge in [0.2, 0.25) is 34.8 Å². The summed E-state index contributed by atoms with van der Waals surface area (Å²) < 4.78 is 69.5.